The Morgan fingerprint density at radius 1 is 1.12 bits per heavy atom. The average Bonchev–Trinajstić information content (AvgIpc) is 3.12. The Bertz CT molecular complexity index is 832. The van der Waals surface area contributed by atoms with Gasteiger partial charge in [0.2, 0.25) is 0 Å². The number of urea groups is 1. The highest BCUT2D eigenvalue weighted by Crippen LogP contribution is 2.26. The molecule has 2 N–H and O–H groups in total. The molecule has 0 aliphatic carbocycles. The van der Waals surface area contributed by atoms with Crippen molar-refractivity contribution < 1.29 is 9.53 Å². The van der Waals surface area contributed by atoms with E-state index in [1.165, 1.54) is 16.9 Å². The number of benzene rings is 2. The van der Waals surface area contributed by atoms with Crippen LogP contribution in [0.5, 0.6) is 5.75 Å². The summed E-state index contributed by atoms with van der Waals surface area (Å²) in [6.45, 7) is 3.17. The van der Waals surface area contributed by atoms with Crippen LogP contribution in [-0.2, 0) is 6.42 Å². The van der Waals surface area contributed by atoms with Crippen LogP contribution in [0, 0.1) is 0 Å². The topological polar surface area (TPSA) is 63.2 Å². The van der Waals surface area contributed by atoms with E-state index < -0.39 is 0 Å². The van der Waals surface area contributed by atoms with E-state index in [0.29, 0.717) is 18.3 Å². The third kappa shape index (κ3) is 5.07. The fraction of sp³-hybridized carbons (Fsp3) is 0.200. The van der Waals surface area contributed by atoms with Crippen molar-refractivity contribution in [2.75, 3.05) is 18.5 Å². The molecule has 6 heteroatoms. The molecule has 0 fully saturated rings. The minimum Gasteiger partial charge on any atom is -0.494 e. The summed E-state index contributed by atoms with van der Waals surface area (Å²) < 4.78 is 5.44. The van der Waals surface area contributed by atoms with Gasteiger partial charge in [-0.2, -0.15) is 0 Å². The van der Waals surface area contributed by atoms with E-state index in [0.717, 1.165) is 23.4 Å². The van der Waals surface area contributed by atoms with Crippen LogP contribution in [-0.4, -0.2) is 24.2 Å². The maximum absolute atomic E-state index is 12.0. The van der Waals surface area contributed by atoms with Gasteiger partial charge in [0.05, 0.1) is 12.3 Å². The van der Waals surface area contributed by atoms with Crippen molar-refractivity contribution in [1.82, 2.24) is 10.3 Å². The number of thiazole rings is 1. The van der Waals surface area contributed by atoms with Gasteiger partial charge in [-0.05, 0) is 43.2 Å². The normalized spacial score (nSPS) is 10.3. The van der Waals surface area contributed by atoms with E-state index in [4.69, 9.17) is 4.74 Å². The van der Waals surface area contributed by atoms with Crippen molar-refractivity contribution in [3.8, 4) is 17.0 Å². The summed E-state index contributed by atoms with van der Waals surface area (Å²) in [7, 11) is 0. The van der Waals surface area contributed by atoms with Crippen LogP contribution in [0.1, 0.15) is 12.5 Å². The fourth-order valence-corrected chi connectivity index (χ4v) is 3.17. The first-order chi connectivity index (χ1) is 12.7. The van der Waals surface area contributed by atoms with Crippen LogP contribution in [0.25, 0.3) is 11.3 Å². The molecule has 0 saturated heterocycles. The Morgan fingerprint density at radius 3 is 2.62 bits per heavy atom. The molecular weight excluding hydrogens is 346 g/mol. The molecule has 0 radical (unpaired) electrons. The van der Waals surface area contributed by atoms with Crippen LogP contribution in [0.15, 0.2) is 60.0 Å². The SMILES string of the molecule is CCOc1ccc(-c2csc(NC(=O)NCCc3ccccc3)n2)cc1. The van der Waals surface area contributed by atoms with Gasteiger partial charge in [0.1, 0.15) is 5.75 Å². The second kappa shape index (κ2) is 9.01. The van der Waals surface area contributed by atoms with Crippen LogP contribution in [0.2, 0.25) is 0 Å². The zero-order chi connectivity index (χ0) is 18.2. The molecule has 2 aromatic carbocycles. The van der Waals surface area contributed by atoms with Crippen molar-refractivity contribution in [2.45, 2.75) is 13.3 Å². The number of hydrogen-bond donors (Lipinski definition) is 2. The first-order valence-corrected chi connectivity index (χ1v) is 9.40. The predicted octanol–water partition coefficient (Wildman–Crippen LogP) is 4.57. The van der Waals surface area contributed by atoms with Crippen LogP contribution < -0.4 is 15.4 Å². The number of rotatable bonds is 7. The number of hydrogen-bond acceptors (Lipinski definition) is 4. The highest BCUT2D eigenvalue weighted by molar-refractivity contribution is 7.14. The Kier molecular flexibility index (Phi) is 6.22. The number of carbonyl (C=O) groups excluding carboxylic acids is 1. The van der Waals surface area contributed by atoms with Gasteiger partial charge < -0.3 is 10.1 Å². The third-order valence-corrected chi connectivity index (χ3v) is 4.49. The predicted molar refractivity (Wildman–Crippen MR) is 106 cm³/mol. The molecule has 3 rings (SSSR count). The van der Waals surface area contributed by atoms with E-state index in [1.54, 1.807) is 0 Å². The lowest BCUT2D eigenvalue weighted by Crippen LogP contribution is -2.30. The Balaban J connectivity index is 1.50. The highest BCUT2D eigenvalue weighted by atomic mass is 32.1. The van der Waals surface area contributed by atoms with Crippen LogP contribution >= 0.6 is 11.3 Å². The van der Waals surface area contributed by atoms with Crippen LogP contribution in [0.4, 0.5) is 9.93 Å². The first kappa shape index (κ1) is 17.9. The smallest absolute Gasteiger partial charge is 0.321 e. The zero-order valence-corrected chi connectivity index (χ0v) is 15.4. The number of nitrogens with zero attached hydrogens (tertiary/aromatic N) is 1. The monoisotopic (exact) mass is 367 g/mol. The molecule has 3 aromatic rings. The fourth-order valence-electron chi connectivity index (χ4n) is 2.46. The summed E-state index contributed by atoms with van der Waals surface area (Å²) in [5.74, 6) is 0.836. The van der Waals surface area contributed by atoms with E-state index in [-0.39, 0.29) is 6.03 Å². The molecule has 0 atom stereocenters. The van der Waals surface area contributed by atoms with Gasteiger partial charge >= 0.3 is 6.03 Å². The summed E-state index contributed by atoms with van der Waals surface area (Å²) >= 11 is 1.40. The van der Waals surface area contributed by atoms with Crippen molar-refractivity contribution in [3.05, 3.63) is 65.5 Å². The second-order valence-electron chi connectivity index (χ2n) is 5.61. The lowest BCUT2D eigenvalue weighted by Gasteiger charge is -2.05. The molecule has 0 aliphatic rings. The number of carbonyl (C=O) groups is 1. The Morgan fingerprint density at radius 2 is 1.88 bits per heavy atom. The van der Waals surface area contributed by atoms with E-state index in [9.17, 15) is 4.79 Å². The molecule has 0 bridgehead atoms. The standard InChI is InChI=1S/C20H21N3O2S/c1-2-25-17-10-8-16(9-11-17)18-14-26-20(22-18)23-19(24)21-13-12-15-6-4-3-5-7-15/h3-11,14H,2,12-13H2,1H3,(H2,21,22,23,24). The van der Waals surface area contributed by atoms with Gasteiger partial charge in [-0.1, -0.05) is 30.3 Å². The Hall–Kier alpha value is -2.86. The van der Waals surface area contributed by atoms with Gasteiger partial charge in [0, 0.05) is 17.5 Å². The second-order valence-corrected chi connectivity index (χ2v) is 6.47. The van der Waals surface area contributed by atoms with Gasteiger partial charge in [-0.3, -0.25) is 5.32 Å². The highest BCUT2D eigenvalue weighted by Gasteiger charge is 2.08. The molecule has 0 aliphatic heterocycles. The van der Waals surface area contributed by atoms with Gasteiger partial charge in [-0.25, -0.2) is 9.78 Å². The van der Waals surface area contributed by atoms with Crippen molar-refractivity contribution >= 4 is 22.5 Å². The minimum absolute atomic E-state index is 0.242. The van der Waals surface area contributed by atoms with E-state index in [2.05, 4.69) is 15.6 Å². The lowest BCUT2D eigenvalue weighted by molar-refractivity contribution is 0.252. The molecule has 0 spiro atoms. The number of nitrogens with one attached hydrogen (secondary N) is 2. The van der Waals surface area contributed by atoms with E-state index in [1.807, 2.05) is 66.9 Å². The zero-order valence-electron chi connectivity index (χ0n) is 14.6. The molecular formula is C20H21N3O2S. The quantitative estimate of drug-likeness (QED) is 0.643. The molecule has 1 heterocycles. The van der Waals surface area contributed by atoms with E-state index >= 15 is 0 Å². The summed E-state index contributed by atoms with van der Waals surface area (Å²) in [5, 5.41) is 8.13. The number of amides is 2. The molecule has 5 nitrogen and oxygen atoms in total. The number of ether oxygens (including phenoxy) is 1. The van der Waals surface area contributed by atoms with Crippen molar-refractivity contribution in [1.29, 1.82) is 0 Å². The lowest BCUT2D eigenvalue weighted by atomic mass is 10.1. The van der Waals surface area contributed by atoms with Gasteiger partial charge in [0.25, 0.3) is 0 Å². The largest absolute Gasteiger partial charge is 0.494 e. The Labute approximate surface area is 157 Å². The van der Waals surface area contributed by atoms with Crippen molar-refractivity contribution in [3.63, 3.8) is 0 Å². The minimum atomic E-state index is -0.242. The molecule has 2 amide bonds. The maximum atomic E-state index is 12.0. The number of aromatic nitrogens is 1. The van der Waals surface area contributed by atoms with Gasteiger partial charge in [0.15, 0.2) is 5.13 Å². The summed E-state index contributed by atoms with van der Waals surface area (Å²) in [6.07, 6.45) is 0.795. The molecule has 0 saturated carbocycles. The third-order valence-electron chi connectivity index (χ3n) is 3.73. The summed E-state index contributed by atoms with van der Waals surface area (Å²) in [5.41, 5.74) is 3.01. The number of anilines is 1. The molecule has 134 valence electrons. The molecule has 1 aromatic heterocycles. The first-order valence-electron chi connectivity index (χ1n) is 8.52. The molecule has 26 heavy (non-hydrogen) atoms. The maximum Gasteiger partial charge on any atom is 0.321 e. The van der Waals surface area contributed by atoms with Crippen LogP contribution in [0.3, 0.4) is 0 Å². The summed E-state index contributed by atoms with van der Waals surface area (Å²) in [4.78, 5) is 16.5. The summed E-state index contributed by atoms with van der Waals surface area (Å²) in [6, 6.07) is 17.6. The molecule has 0 unspecified atom stereocenters. The van der Waals surface area contributed by atoms with Crippen molar-refractivity contribution in [2.24, 2.45) is 0 Å². The average molecular weight is 367 g/mol. The van der Waals surface area contributed by atoms with Gasteiger partial charge in [-0.15, -0.1) is 11.3 Å².